The van der Waals surface area contributed by atoms with E-state index in [0.717, 1.165) is 15.4 Å². The number of carbonyl (C=O) groups excluding carboxylic acids is 13. The minimum atomic E-state index is -1.99. The second-order valence-electron chi connectivity index (χ2n) is 31.4. The van der Waals surface area contributed by atoms with Crippen LogP contribution in [0.4, 0.5) is 4.79 Å². The Hall–Kier alpha value is -7.59. The highest BCUT2D eigenvalue weighted by Gasteiger charge is 2.68. The molecule has 5 rings (SSSR count). The fraction of sp³-hybridized carbons (Fsp3) is 0.747. The zero-order chi connectivity index (χ0) is 77.8. The molecule has 1 heterocycles. The normalized spacial score (nSPS) is 26.1. The molecule has 16 atom stereocenters. The molecule has 0 spiro atoms. The van der Waals surface area contributed by atoms with E-state index in [9.17, 15) is 58.2 Å². The highest BCUT2D eigenvalue weighted by Crippen LogP contribution is 2.67. The number of aliphatic hydroxyl groups is 2. The summed E-state index contributed by atoms with van der Waals surface area (Å²) in [4.78, 5) is 190. The Kier molecular flexibility index (Phi) is 30.4. The molecular weight excluding hydrogens is 1330 g/mol. The van der Waals surface area contributed by atoms with Gasteiger partial charge in [0.2, 0.25) is 59.8 Å². The first-order chi connectivity index (χ1) is 48.0. The van der Waals surface area contributed by atoms with Gasteiger partial charge in [0.1, 0.15) is 47.9 Å². The van der Waals surface area contributed by atoms with Gasteiger partial charge >= 0.3 is 18.1 Å². The summed E-state index contributed by atoms with van der Waals surface area (Å²) in [7, 11) is 8.47. The number of carbonyl (C=O) groups is 13. The van der Waals surface area contributed by atoms with E-state index in [1.54, 1.807) is 73.7 Å². The Bertz CT molecular complexity index is 3220. The number of Topliss-reactive ketones (excluding diaryl/α,β-unsaturated/α-hetero) is 1. The Morgan fingerprint density at radius 3 is 1.98 bits per heavy atom. The average Bonchev–Trinajstić information content (AvgIpc) is 1.63. The van der Waals surface area contributed by atoms with Crippen LogP contribution in [0.25, 0.3) is 0 Å². The van der Waals surface area contributed by atoms with E-state index in [1.165, 1.54) is 60.9 Å². The van der Waals surface area contributed by atoms with Gasteiger partial charge in [-0.3, -0.25) is 57.5 Å². The van der Waals surface area contributed by atoms with Crippen LogP contribution in [0.5, 0.6) is 0 Å². The minimum Gasteiger partial charge on any atom is -0.456 e. The SMILES string of the molecule is C/C=C/C[C@@H]1[C@@H](OC(=O)OCOC(=O)C[C@@H](N)C(=O)OCC(=O)[C@@]2(O)CCC3C4CCC5=CC(=O)C=C[C@]5(C)C4[C@@H](O)C[C@@]32C)[C@H](N(C)C(=O)[C@H](C(C)C)N(C)C(=O)[C@H](CC(C)C)N(C)C(=O)CCC(C)C)C(=O)N1[C@@H](CC)C(=O)N(C)CC(=O)N(C)[C@@H](CC(C)C)C(=O)N[C@H](C(=O)NC)C(C)C. The van der Waals surface area contributed by atoms with Crippen molar-refractivity contribution in [3.63, 3.8) is 0 Å². The molecule has 0 aromatic carbocycles. The van der Waals surface area contributed by atoms with Crippen molar-refractivity contribution in [3.8, 4) is 0 Å². The number of fused-ring (bicyclic) bond motifs is 5. The second-order valence-corrected chi connectivity index (χ2v) is 31.4. The summed E-state index contributed by atoms with van der Waals surface area (Å²) in [5.41, 5.74) is 3.37. The number of amides is 8. The lowest BCUT2D eigenvalue weighted by molar-refractivity contribution is -0.181. The van der Waals surface area contributed by atoms with Gasteiger partial charge in [0.25, 0.3) is 0 Å². The lowest BCUT2D eigenvalue weighted by atomic mass is 9.46. The predicted molar refractivity (Wildman–Crippen MR) is 380 cm³/mol. The van der Waals surface area contributed by atoms with Gasteiger partial charge in [0.15, 0.2) is 18.5 Å². The zero-order valence-electron chi connectivity index (χ0n) is 64.5. The molecule has 0 radical (unpaired) electrons. The first-order valence-electron chi connectivity index (χ1n) is 36.6. The lowest BCUT2D eigenvalue weighted by Crippen LogP contribution is -2.61. The zero-order valence-corrected chi connectivity index (χ0v) is 64.5. The summed E-state index contributed by atoms with van der Waals surface area (Å²) in [5.74, 6) is -9.64. The van der Waals surface area contributed by atoms with Crippen LogP contribution in [-0.4, -0.2) is 245 Å². The number of aliphatic hydroxyl groups excluding tert-OH is 1. The van der Waals surface area contributed by atoms with Gasteiger partial charge < -0.3 is 74.9 Å². The molecule has 103 heavy (non-hydrogen) atoms. The van der Waals surface area contributed by atoms with Gasteiger partial charge in [0, 0.05) is 65.5 Å². The maximum atomic E-state index is 15.6. The average molecular weight is 1450 g/mol. The molecule has 0 aromatic heterocycles. The lowest BCUT2D eigenvalue weighted by Gasteiger charge is -2.59. The fourth-order valence-corrected chi connectivity index (χ4v) is 16.4. The van der Waals surface area contributed by atoms with E-state index in [0.29, 0.717) is 25.7 Å². The third kappa shape index (κ3) is 19.5. The molecule has 1 saturated heterocycles. The number of hydrogen-bond donors (Lipinski definition) is 5. The largest absolute Gasteiger partial charge is 0.511 e. The van der Waals surface area contributed by atoms with E-state index in [2.05, 4.69) is 10.6 Å². The van der Waals surface area contributed by atoms with E-state index in [-0.39, 0.29) is 98.1 Å². The molecule has 0 aromatic rings. The Labute approximate surface area is 608 Å². The summed E-state index contributed by atoms with van der Waals surface area (Å²) in [5, 5.41) is 29.3. The maximum absolute atomic E-state index is 15.6. The molecule has 5 aliphatic rings. The van der Waals surface area contributed by atoms with E-state index >= 15 is 14.4 Å². The summed E-state index contributed by atoms with van der Waals surface area (Å²) >= 11 is 0. The number of ketones is 2. The van der Waals surface area contributed by atoms with Crippen LogP contribution in [0.1, 0.15) is 174 Å². The standard InChI is InChI=1S/C75H119N9O19/c1-21-23-24-52-64(103-72(98)102-40-101-59(90)36-50(76)71(97)100-39-56(87)75(99)32-30-49-48-27-26-46-35-47(85)29-31-73(46,13)60(48)55(86)37-74(49,75)14)63(83(20)69(95)62(45(11)12)82(19)68(94)54(34-43(7)8)81(18)57(88)28-25-41(3)4)70(96)84(52)51(22-2)67(93)79(16)38-58(89)80(17)53(33-42(5)6)65(91)78-61(44(9)10)66(92)77-15/h21,23,29,31,35,41-45,48-55,60-64,86,99H,22,24-28,30,32-34,36-40,76H2,1-20H3,(H,77,92)(H,78,91)/b23-21+/t48?,49?,50-,51+,52-,53+,54+,55+,60?,61+,62+,63+,64-,73+,74+,75+/m1/s1. The van der Waals surface area contributed by atoms with Crippen molar-refractivity contribution < 1.29 is 91.5 Å². The van der Waals surface area contributed by atoms with Gasteiger partial charge in [-0.2, -0.15) is 0 Å². The van der Waals surface area contributed by atoms with E-state index in [1.807, 2.05) is 54.5 Å². The van der Waals surface area contributed by atoms with Crippen LogP contribution < -0.4 is 16.4 Å². The summed E-state index contributed by atoms with van der Waals surface area (Å²) in [6, 6.07) is -10.4. The minimum absolute atomic E-state index is 0.0430. The molecular formula is C75H119N9O19. The van der Waals surface area contributed by atoms with Gasteiger partial charge in [-0.25, -0.2) is 4.79 Å². The molecule has 3 saturated carbocycles. The number of likely N-dealkylation sites (tertiary alicyclic amines) is 1. The molecule has 1 aliphatic heterocycles. The summed E-state index contributed by atoms with van der Waals surface area (Å²) in [6.45, 7) is 22.8. The smallest absolute Gasteiger partial charge is 0.456 e. The number of esters is 2. The fourth-order valence-electron chi connectivity index (χ4n) is 16.4. The quantitative estimate of drug-likeness (QED) is 0.0253. The van der Waals surface area contributed by atoms with Crippen LogP contribution in [0.2, 0.25) is 0 Å². The van der Waals surface area contributed by atoms with Crippen molar-refractivity contribution in [2.24, 2.45) is 63.9 Å². The van der Waals surface area contributed by atoms with Gasteiger partial charge in [-0.1, -0.05) is 114 Å². The number of nitrogens with one attached hydrogen (secondary N) is 2. The van der Waals surface area contributed by atoms with Crippen LogP contribution in [0.15, 0.2) is 36.0 Å². The van der Waals surface area contributed by atoms with Crippen LogP contribution in [-0.2, 0) is 76.5 Å². The van der Waals surface area contributed by atoms with Gasteiger partial charge in [-0.05, 0) is 125 Å². The van der Waals surface area contributed by atoms with Crippen molar-refractivity contribution >= 4 is 76.9 Å². The molecule has 0 bridgehead atoms. The molecule has 3 unspecified atom stereocenters. The summed E-state index contributed by atoms with van der Waals surface area (Å²) < 4.78 is 21.7. The number of likely N-dealkylation sites (N-methyl/N-ethyl adjacent to an activating group) is 6. The molecule has 578 valence electrons. The van der Waals surface area contributed by atoms with E-state index in [4.69, 9.17) is 24.7 Å². The molecule has 6 N–H and O–H groups in total. The van der Waals surface area contributed by atoms with Gasteiger partial charge in [0.05, 0.1) is 25.1 Å². The first kappa shape index (κ1) is 86.1. The third-order valence-corrected chi connectivity index (χ3v) is 22.2. The summed E-state index contributed by atoms with van der Waals surface area (Å²) in [6.07, 6.45) is 6.15. The van der Waals surface area contributed by atoms with Crippen molar-refractivity contribution in [2.75, 3.05) is 62.2 Å². The van der Waals surface area contributed by atoms with Gasteiger partial charge in [-0.15, -0.1) is 0 Å². The molecule has 28 heteroatoms. The number of hydrogen-bond acceptors (Lipinski definition) is 20. The third-order valence-electron chi connectivity index (χ3n) is 22.2. The number of ether oxygens (including phenoxy) is 4. The van der Waals surface area contributed by atoms with Crippen molar-refractivity contribution in [1.82, 2.24) is 40.0 Å². The highest BCUT2D eigenvalue weighted by molar-refractivity contribution is 6.02. The number of rotatable bonds is 34. The second kappa shape index (κ2) is 36.4. The number of nitrogens with two attached hydrogens (primary N) is 1. The Morgan fingerprint density at radius 2 is 1.41 bits per heavy atom. The van der Waals surface area contributed by atoms with Crippen LogP contribution >= 0.6 is 0 Å². The monoisotopic (exact) mass is 1450 g/mol. The molecule has 4 aliphatic carbocycles. The topological polar surface area (TPSA) is 369 Å². The Balaban J connectivity index is 1.38. The van der Waals surface area contributed by atoms with Crippen LogP contribution in [0, 0.1) is 58.2 Å². The van der Waals surface area contributed by atoms with Crippen LogP contribution in [0.3, 0.4) is 0 Å². The molecule has 28 nitrogen and oxygen atoms in total. The van der Waals surface area contributed by atoms with E-state index < -0.39 is 174 Å². The number of nitrogens with zero attached hydrogens (tertiary/aromatic N) is 6. The van der Waals surface area contributed by atoms with Crippen molar-refractivity contribution in [3.05, 3.63) is 36.0 Å². The highest BCUT2D eigenvalue weighted by atomic mass is 16.8. The molecule has 4 fully saturated rings. The molecule has 8 amide bonds. The Morgan fingerprint density at radius 1 is 0.786 bits per heavy atom. The predicted octanol–water partition coefficient (Wildman–Crippen LogP) is 4.64. The maximum Gasteiger partial charge on any atom is 0.511 e. The number of allylic oxidation sites excluding steroid dienone is 5. The van der Waals surface area contributed by atoms with Crippen molar-refractivity contribution in [2.45, 2.75) is 240 Å². The first-order valence-corrected chi connectivity index (χ1v) is 36.6. The van der Waals surface area contributed by atoms with Crippen molar-refractivity contribution in [1.29, 1.82) is 0 Å².